The average molecular weight is 280 g/mol. The number of piperazine rings is 1. The predicted octanol–water partition coefficient (Wildman–Crippen LogP) is 2.80. The van der Waals surface area contributed by atoms with E-state index in [4.69, 9.17) is 4.74 Å². The number of nitrogens with zero attached hydrogens (tertiary/aromatic N) is 1. The fraction of sp³-hybridized carbons (Fsp3) is 1.00. The molecule has 2 atom stereocenters. The van der Waals surface area contributed by atoms with Crippen LogP contribution in [0, 0.1) is 5.92 Å². The number of nitrogens with one attached hydrogen (secondary N) is 1. The molecule has 0 aromatic rings. The van der Waals surface area contributed by atoms with Crippen LogP contribution in [0.3, 0.4) is 0 Å². The summed E-state index contributed by atoms with van der Waals surface area (Å²) in [5, 5.41) is 3.85. The maximum atomic E-state index is 5.87. The Morgan fingerprint density at radius 2 is 1.90 bits per heavy atom. The van der Waals surface area contributed by atoms with E-state index in [1.165, 1.54) is 51.5 Å². The fourth-order valence-electron chi connectivity index (χ4n) is 4.25. The van der Waals surface area contributed by atoms with Crippen molar-refractivity contribution in [3.63, 3.8) is 0 Å². The molecule has 0 aromatic heterocycles. The standard InChI is InChI=1S/C17H32N2O/c1-17(2)13-18-16(14-7-4-3-5-8-14)12-19(17)11-15-9-6-10-20-15/h14-16,18H,3-13H2,1-2H3. The normalized spacial score (nSPS) is 36.3. The molecule has 3 aliphatic rings. The van der Waals surface area contributed by atoms with E-state index >= 15 is 0 Å². The minimum absolute atomic E-state index is 0.275. The van der Waals surface area contributed by atoms with Crippen LogP contribution in [0.2, 0.25) is 0 Å². The summed E-state index contributed by atoms with van der Waals surface area (Å²) in [5.74, 6) is 0.909. The molecule has 3 heteroatoms. The van der Waals surface area contributed by atoms with Gasteiger partial charge in [-0.2, -0.15) is 0 Å². The van der Waals surface area contributed by atoms with Gasteiger partial charge in [0.25, 0.3) is 0 Å². The molecular formula is C17H32N2O. The zero-order valence-corrected chi connectivity index (χ0v) is 13.4. The molecule has 3 rings (SSSR count). The van der Waals surface area contributed by atoms with Gasteiger partial charge in [0.15, 0.2) is 0 Å². The highest BCUT2D eigenvalue weighted by Crippen LogP contribution is 2.31. The van der Waals surface area contributed by atoms with E-state index in [-0.39, 0.29) is 5.54 Å². The highest BCUT2D eigenvalue weighted by atomic mass is 16.5. The van der Waals surface area contributed by atoms with Crippen LogP contribution in [0.15, 0.2) is 0 Å². The highest BCUT2D eigenvalue weighted by molar-refractivity contribution is 4.96. The van der Waals surface area contributed by atoms with Crippen LogP contribution in [0.5, 0.6) is 0 Å². The van der Waals surface area contributed by atoms with Gasteiger partial charge in [-0.3, -0.25) is 4.90 Å². The molecule has 0 bridgehead atoms. The quantitative estimate of drug-likeness (QED) is 0.860. The van der Waals surface area contributed by atoms with E-state index in [1.807, 2.05) is 0 Å². The van der Waals surface area contributed by atoms with E-state index < -0.39 is 0 Å². The third-order valence-corrected chi connectivity index (χ3v) is 5.74. The smallest absolute Gasteiger partial charge is 0.0703 e. The van der Waals surface area contributed by atoms with Crippen LogP contribution in [0.1, 0.15) is 58.8 Å². The Morgan fingerprint density at radius 1 is 1.10 bits per heavy atom. The van der Waals surface area contributed by atoms with Gasteiger partial charge >= 0.3 is 0 Å². The van der Waals surface area contributed by atoms with Crippen LogP contribution in [0.4, 0.5) is 0 Å². The Kier molecular flexibility index (Phi) is 4.68. The van der Waals surface area contributed by atoms with Crippen molar-refractivity contribution in [2.45, 2.75) is 76.5 Å². The highest BCUT2D eigenvalue weighted by Gasteiger charge is 2.38. The molecule has 0 amide bonds. The van der Waals surface area contributed by atoms with Gasteiger partial charge in [-0.25, -0.2) is 0 Å². The molecule has 3 nitrogen and oxygen atoms in total. The van der Waals surface area contributed by atoms with Crippen molar-refractivity contribution in [1.82, 2.24) is 10.2 Å². The third-order valence-electron chi connectivity index (χ3n) is 5.74. The van der Waals surface area contributed by atoms with Crippen LogP contribution < -0.4 is 5.32 Å². The Morgan fingerprint density at radius 3 is 2.60 bits per heavy atom. The first-order valence-corrected chi connectivity index (χ1v) is 8.75. The lowest BCUT2D eigenvalue weighted by atomic mass is 9.81. The van der Waals surface area contributed by atoms with E-state index in [0.717, 1.165) is 25.6 Å². The molecular weight excluding hydrogens is 248 g/mol. The molecule has 2 saturated heterocycles. The molecule has 2 aliphatic heterocycles. The van der Waals surface area contributed by atoms with Crippen molar-refractivity contribution in [1.29, 1.82) is 0 Å². The maximum absolute atomic E-state index is 5.87. The monoisotopic (exact) mass is 280 g/mol. The second kappa shape index (κ2) is 6.33. The molecule has 0 radical (unpaired) electrons. The van der Waals surface area contributed by atoms with Gasteiger partial charge in [0, 0.05) is 37.8 Å². The van der Waals surface area contributed by atoms with Gasteiger partial charge in [-0.1, -0.05) is 19.3 Å². The number of rotatable bonds is 3. The first-order valence-electron chi connectivity index (χ1n) is 8.75. The molecule has 1 N–H and O–H groups in total. The van der Waals surface area contributed by atoms with Gasteiger partial charge in [0.05, 0.1) is 6.10 Å². The largest absolute Gasteiger partial charge is 0.377 e. The second-order valence-corrected chi connectivity index (χ2v) is 7.74. The average Bonchev–Trinajstić information content (AvgIpc) is 2.95. The lowest BCUT2D eigenvalue weighted by Gasteiger charge is -2.49. The molecule has 0 spiro atoms. The Labute approximate surface area is 124 Å². The minimum atomic E-state index is 0.275. The first-order chi connectivity index (χ1) is 9.65. The molecule has 20 heavy (non-hydrogen) atoms. The van der Waals surface area contributed by atoms with Gasteiger partial charge in [0.1, 0.15) is 0 Å². The van der Waals surface area contributed by atoms with Crippen molar-refractivity contribution in [2.24, 2.45) is 5.92 Å². The van der Waals surface area contributed by atoms with E-state index in [9.17, 15) is 0 Å². The zero-order valence-electron chi connectivity index (χ0n) is 13.4. The predicted molar refractivity (Wildman–Crippen MR) is 83.0 cm³/mol. The van der Waals surface area contributed by atoms with Crippen molar-refractivity contribution in [3.05, 3.63) is 0 Å². The third kappa shape index (κ3) is 3.37. The van der Waals surface area contributed by atoms with Crippen molar-refractivity contribution in [3.8, 4) is 0 Å². The summed E-state index contributed by atoms with van der Waals surface area (Å²) in [6.45, 7) is 9.22. The van der Waals surface area contributed by atoms with Gasteiger partial charge in [-0.05, 0) is 45.4 Å². The summed E-state index contributed by atoms with van der Waals surface area (Å²) in [7, 11) is 0. The lowest BCUT2D eigenvalue weighted by Crippen LogP contribution is -2.64. The first kappa shape index (κ1) is 14.8. The van der Waals surface area contributed by atoms with Gasteiger partial charge in [-0.15, -0.1) is 0 Å². The Hall–Kier alpha value is -0.120. The van der Waals surface area contributed by atoms with Crippen molar-refractivity contribution >= 4 is 0 Å². The summed E-state index contributed by atoms with van der Waals surface area (Å²) in [5.41, 5.74) is 0.275. The van der Waals surface area contributed by atoms with Gasteiger partial charge < -0.3 is 10.1 Å². The molecule has 2 heterocycles. The lowest BCUT2D eigenvalue weighted by molar-refractivity contribution is -0.00259. The topological polar surface area (TPSA) is 24.5 Å². The van der Waals surface area contributed by atoms with Crippen LogP contribution >= 0.6 is 0 Å². The van der Waals surface area contributed by atoms with Crippen LogP contribution in [-0.4, -0.2) is 48.8 Å². The Balaban J connectivity index is 1.59. The summed E-state index contributed by atoms with van der Waals surface area (Å²) < 4.78 is 5.87. The SMILES string of the molecule is CC1(C)CNC(C2CCCCC2)CN1CC1CCCO1. The van der Waals surface area contributed by atoms with Gasteiger partial charge in [0.2, 0.25) is 0 Å². The zero-order chi connectivity index (χ0) is 14.0. The number of hydrogen-bond acceptors (Lipinski definition) is 3. The van der Waals surface area contributed by atoms with Crippen molar-refractivity contribution < 1.29 is 4.74 Å². The van der Waals surface area contributed by atoms with Crippen molar-refractivity contribution in [2.75, 3.05) is 26.2 Å². The number of ether oxygens (including phenoxy) is 1. The number of hydrogen-bond donors (Lipinski definition) is 1. The Bertz CT molecular complexity index is 306. The molecule has 1 saturated carbocycles. The molecule has 3 fully saturated rings. The molecule has 2 unspecified atom stereocenters. The summed E-state index contributed by atoms with van der Waals surface area (Å²) in [6, 6.07) is 0.713. The second-order valence-electron chi connectivity index (χ2n) is 7.74. The van der Waals surface area contributed by atoms with E-state index in [1.54, 1.807) is 0 Å². The molecule has 0 aromatic carbocycles. The summed E-state index contributed by atoms with van der Waals surface area (Å²) >= 11 is 0. The van der Waals surface area contributed by atoms with Crippen LogP contribution in [0.25, 0.3) is 0 Å². The van der Waals surface area contributed by atoms with Crippen LogP contribution in [-0.2, 0) is 4.74 Å². The van der Waals surface area contributed by atoms with E-state index in [2.05, 4.69) is 24.1 Å². The molecule has 116 valence electrons. The fourth-order valence-corrected chi connectivity index (χ4v) is 4.25. The summed E-state index contributed by atoms with van der Waals surface area (Å²) in [4.78, 5) is 2.71. The minimum Gasteiger partial charge on any atom is -0.377 e. The van der Waals surface area contributed by atoms with E-state index in [0.29, 0.717) is 12.1 Å². The summed E-state index contributed by atoms with van der Waals surface area (Å²) in [6.07, 6.45) is 10.2. The molecule has 1 aliphatic carbocycles. The maximum Gasteiger partial charge on any atom is 0.0703 e.